The highest BCUT2D eigenvalue weighted by Crippen LogP contribution is 2.26. The van der Waals surface area contributed by atoms with E-state index >= 15 is 0 Å². The lowest BCUT2D eigenvalue weighted by Crippen LogP contribution is -2.28. The highest BCUT2D eigenvalue weighted by atomic mass is 32.2. The second kappa shape index (κ2) is 5.61. The molecule has 112 valence electrons. The summed E-state index contributed by atoms with van der Waals surface area (Å²) in [5.74, 6) is -0.583. The standard InChI is InChI=1S/C14H16N2O4S/c1-15-9-8-11(10-15)21(18,19)16(2)13-7-5-4-6-12(13)14(17)20-3/h4-10H,1-3H3. The van der Waals surface area contributed by atoms with Crippen molar-refractivity contribution < 1.29 is 17.9 Å². The van der Waals surface area contributed by atoms with Crippen LogP contribution in [0, 0.1) is 0 Å². The molecule has 1 aromatic heterocycles. The average Bonchev–Trinajstić information content (AvgIpc) is 2.93. The van der Waals surface area contributed by atoms with Crippen LogP contribution in [0.4, 0.5) is 5.69 Å². The van der Waals surface area contributed by atoms with Crippen molar-refractivity contribution in [1.82, 2.24) is 4.57 Å². The molecule has 0 aliphatic rings. The Bertz CT molecular complexity index is 765. The Balaban J connectivity index is 2.50. The topological polar surface area (TPSA) is 68.6 Å². The number of ether oxygens (including phenoxy) is 1. The molecule has 0 atom stereocenters. The third-order valence-corrected chi connectivity index (χ3v) is 4.87. The predicted molar refractivity (Wildman–Crippen MR) is 78.8 cm³/mol. The first-order valence-corrected chi connectivity index (χ1v) is 7.60. The third kappa shape index (κ3) is 2.78. The van der Waals surface area contributed by atoms with Crippen molar-refractivity contribution >= 4 is 21.7 Å². The zero-order chi connectivity index (χ0) is 15.6. The van der Waals surface area contributed by atoms with Gasteiger partial charge in [-0.2, -0.15) is 0 Å². The number of aryl methyl sites for hydroxylation is 1. The van der Waals surface area contributed by atoms with E-state index in [0.29, 0.717) is 0 Å². The molecule has 1 heterocycles. The van der Waals surface area contributed by atoms with Crippen LogP contribution in [-0.4, -0.2) is 33.1 Å². The molecule has 0 radical (unpaired) electrons. The first-order chi connectivity index (χ1) is 9.87. The van der Waals surface area contributed by atoms with Crippen LogP contribution in [-0.2, 0) is 21.8 Å². The van der Waals surface area contributed by atoms with Crippen molar-refractivity contribution in [2.75, 3.05) is 18.5 Å². The number of nitrogens with zero attached hydrogens (tertiary/aromatic N) is 2. The van der Waals surface area contributed by atoms with Gasteiger partial charge in [-0.1, -0.05) is 12.1 Å². The summed E-state index contributed by atoms with van der Waals surface area (Å²) in [5.41, 5.74) is 0.468. The molecule has 0 saturated heterocycles. The highest BCUT2D eigenvalue weighted by molar-refractivity contribution is 7.92. The number of sulfonamides is 1. The molecule has 0 aliphatic carbocycles. The van der Waals surface area contributed by atoms with E-state index in [0.717, 1.165) is 4.31 Å². The number of anilines is 1. The van der Waals surface area contributed by atoms with Crippen LogP contribution in [0.5, 0.6) is 0 Å². The van der Waals surface area contributed by atoms with Gasteiger partial charge in [-0.25, -0.2) is 13.2 Å². The summed E-state index contributed by atoms with van der Waals surface area (Å²) in [6.45, 7) is 0. The fourth-order valence-electron chi connectivity index (χ4n) is 1.95. The zero-order valence-electron chi connectivity index (χ0n) is 12.0. The molecule has 2 rings (SSSR count). The van der Waals surface area contributed by atoms with Gasteiger partial charge in [0.2, 0.25) is 0 Å². The van der Waals surface area contributed by atoms with Gasteiger partial charge in [0.05, 0.1) is 18.4 Å². The van der Waals surface area contributed by atoms with Crippen LogP contribution in [0.15, 0.2) is 47.6 Å². The van der Waals surface area contributed by atoms with Crippen molar-refractivity contribution in [3.63, 3.8) is 0 Å². The van der Waals surface area contributed by atoms with Crippen LogP contribution in [0.25, 0.3) is 0 Å². The molecule has 0 fully saturated rings. The van der Waals surface area contributed by atoms with Gasteiger partial charge in [-0.15, -0.1) is 0 Å². The Morgan fingerprint density at radius 2 is 1.90 bits per heavy atom. The van der Waals surface area contributed by atoms with Crippen LogP contribution >= 0.6 is 0 Å². The number of methoxy groups -OCH3 is 1. The molecule has 0 unspecified atom stereocenters. The van der Waals surface area contributed by atoms with Crippen molar-refractivity contribution in [3.8, 4) is 0 Å². The van der Waals surface area contributed by atoms with E-state index in [9.17, 15) is 13.2 Å². The molecule has 1 aromatic carbocycles. The molecule has 0 spiro atoms. The largest absolute Gasteiger partial charge is 0.465 e. The average molecular weight is 308 g/mol. The third-order valence-electron chi connectivity index (χ3n) is 3.11. The molecular formula is C14H16N2O4S. The lowest BCUT2D eigenvalue weighted by atomic mass is 10.2. The van der Waals surface area contributed by atoms with Crippen molar-refractivity contribution in [1.29, 1.82) is 0 Å². The molecule has 6 nitrogen and oxygen atoms in total. The van der Waals surface area contributed by atoms with E-state index in [4.69, 9.17) is 0 Å². The summed E-state index contributed by atoms with van der Waals surface area (Å²) >= 11 is 0. The second-order valence-electron chi connectivity index (χ2n) is 4.49. The monoisotopic (exact) mass is 308 g/mol. The number of carbonyl (C=O) groups is 1. The summed E-state index contributed by atoms with van der Waals surface area (Å²) in [6, 6.07) is 7.91. The maximum absolute atomic E-state index is 12.6. The Kier molecular flexibility index (Phi) is 4.04. The van der Waals surface area contributed by atoms with Gasteiger partial charge in [-0.3, -0.25) is 4.31 Å². The van der Waals surface area contributed by atoms with Gasteiger partial charge >= 0.3 is 5.97 Å². The number of rotatable bonds is 4. The number of carbonyl (C=O) groups excluding carboxylic acids is 1. The minimum atomic E-state index is -3.73. The first kappa shape index (κ1) is 15.1. The number of hydrogen-bond acceptors (Lipinski definition) is 4. The number of para-hydroxylation sites is 1. The van der Waals surface area contributed by atoms with Crippen LogP contribution in [0.1, 0.15) is 10.4 Å². The van der Waals surface area contributed by atoms with E-state index in [1.165, 1.54) is 32.5 Å². The Hall–Kier alpha value is -2.28. The molecule has 0 N–H and O–H groups in total. The molecule has 0 aliphatic heterocycles. The fourth-order valence-corrected chi connectivity index (χ4v) is 3.22. The number of hydrogen-bond donors (Lipinski definition) is 0. The molecule has 0 saturated carbocycles. The van der Waals surface area contributed by atoms with E-state index in [1.54, 1.807) is 36.0 Å². The predicted octanol–water partition coefficient (Wildman–Crippen LogP) is 1.64. The minimum absolute atomic E-state index is 0.159. The quantitative estimate of drug-likeness (QED) is 0.805. The number of esters is 1. The maximum atomic E-state index is 12.6. The smallest absolute Gasteiger partial charge is 0.340 e. The number of benzene rings is 1. The van der Waals surface area contributed by atoms with Gasteiger partial charge in [-0.05, 0) is 18.2 Å². The van der Waals surface area contributed by atoms with Gasteiger partial charge < -0.3 is 9.30 Å². The highest BCUT2D eigenvalue weighted by Gasteiger charge is 2.25. The summed E-state index contributed by atoms with van der Waals surface area (Å²) < 4.78 is 32.5. The summed E-state index contributed by atoms with van der Waals surface area (Å²) in [7, 11) is 0.668. The van der Waals surface area contributed by atoms with Gasteiger partial charge in [0.1, 0.15) is 4.90 Å². The minimum Gasteiger partial charge on any atom is -0.465 e. The van der Waals surface area contributed by atoms with E-state index < -0.39 is 16.0 Å². The van der Waals surface area contributed by atoms with Gasteiger partial charge in [0, 0.05) is 26.5 Å². The van der Waals surface area contributed by atoms with Crippen LogP contribution in [0.2, 0.25) is 0 Å². The lowest BCUT2D eigenvalue weighted by Gasteiger charge is -2.20. The molecule has 0 amide bonds. The summed E-state index contributed by atoms with van der Waals surface area (Å²) in [5, 5.41) is 0. The lowest BCUT2D eigenvalue weighted by molar-refractivity contribution is 0.0601. The zero-order valence-corrected chi connectivity index (χ0v) is 12.8. The molecule has 2 aromatic rings. The van der Waals surface area contributed by atoms with Crippen molar-refractivity contribution in [3.05, 3.63) is 48.3 Å². The number of aromatic nitrogens is 1. The van der Waals surface area contributed by atoms with E-state index in [-0.39, 0.29) is 16.1 Å². The Morgan fingerprint density at radius 3 is 2.48 bits per heavy atom. The molecule has 0 bridgehead atoms. The van der Waals surface area contributed by atoms with Crippen molar-refractivity contribution in [2.24, 2.45) is 7.05 Å². The second-order valence-corrected chi connectivity index (χ2v) is 6.46. The Labute approximate surface area is 123 Å². The first-order valence-electron chi connectivity index (χ1n) is 6.16. The summed E-state index contributed by atoms with van der Waals surface area (Å²) in [4.78, 5) is 11.9. The molecular weight excluding hydrogens is 292 g/mol. The van der Waals surface area contributed by atoms with Crippen LogP contribution < -0.4 is 4.31 Å². The fraction of sp³-hybridized carbons (Fsp3) is 0.214. The van der Waals surface area contributed by atoms with E-state index in [2.05, 4.69) is 4.74 Å². The van der Waals surface area contributed by atoms with E-state index in [1.807, 2.05) is 0 Å². The molecule has 7 heteroatoms. The molecule has 21 heavy (non-hydrogen) atoms. The van der Waals surface area contributed by atoms with Crippen LogP contribution in [0.3, 0.4) is 0 Å². The Morgan fingerprint density at radius 1 is 1.24 bits per heavy atom. The maximum Gasteiger partial charge on any atom is 0.340 e. The van der Waals surface area contributed by atoms with Gasteiger partial charge in [0.25, 0.3) is 10.0 Å². The normalized spacial score (nSPS) is 11.2. The van der Waals surface area contributed by atoms with Crippen molar-refractivity contribution in [2.45, 2.75) is 4.90 Å². The SMILES string of the molecule is COC(=O)c1ccccc1N(C)S(=O)(=O)c1ccn(C)c1. The summed E-state index contributed by atoms with van der Waals surface area (Å²) in [6.07, 6.45) is 3.15. The van der Waals surface area contributed by atoms with Gasteiger partial charge in [0.15, 0.2) is 0 Å².